The predicted octanol–water partition coefficient (Wildman–Crippen LogP) is 4.19. The van der Waals surface area contributed by atoms with Crippen molar-refractivity contribution in [1.82, 2.24) is 24.9 Å². The molecule has 2 N–H and O–H groups in total. The molecule has 0 saturated heterocycles. The van der Waals surface area contributed by atoms with Crippen LogP contribution in [0.2, 0.25) is 0 Å². The van der Waals surface area contributed by atoms with Gasteiger partial charge in [-0.05, 0) is 25.1 Å². The van der Waals surface area contributed by atoms with Crippen molar-refractivity contribution in [3.63, 3.8) is 0 Å². The van der Waals surface area contributed by atoms with Gasteiger partial charge < -0.3 is 10.2 Å². The second-order valence-electron chi connectivity index (χ2n) is 7.65. The molecular weight excluding hydrogens is 414 g/mol. The summed E-state index contributed by atoms with van der Waals surface area (Å²) < 4.78 is 27.1. The molecule has 0 bridgehead atoms. The number of alkyl halides is 2. The predicted molar refractivity (Wildman–Crippen MR) is 119 cm³/mol. The van der Waals surface area contributed by atoms with Gasteiger partial charge in [0.05, 0.1) is 30.0 Å². The summed E-state index contributed by atoms with van der Waals surface area (Å²) in [6.07, 6.45) is 1.54. The van der Waals surface area contributed by atoms with Gasteiger partial charge in [0, 0.05) is 18.1 Å². The van der Waals surface area contributed by atoms with Gasteiger partial charge in [-0.25, -0.2) is 8.78 Å². The molecule has 2 aromatic heterocycles. The zero-order valence-corrected chi connectivity index (χ0v) is 17.6. The van der Waals surface area contributed by atoms with Crippen LogP contribution in [-0.2, 0) is 0 Å². The molecule has 0 aliphatic rings. The minimum atomic E-state index is -2.38. The minimum absolute atomic E-state index is 0.159. The van der Waals surface area contributed by atoms with Gasteiger partial charge in [-0.2, -0.15) is 10.2 Å². The fraction of sp³-hybridized carbons (Fsp3) is 0.261. The first-order valence-corrected chi connectivity index (χ1v) is 10.3. The molecule has 9 heteroatoms. The molecule has 0 fully saturated rings. The van der Waals surface area contributed by atoms with E-state index in [1.54, 1.807) is 29.0 Å². The van der Waals surface area contributed by atoms with E-state index in [1.165, 1.54) is 0 Å². The number of amides is 1. The summed E-state index contributed by atoms with van der Waals surface area (Å²) >= 11 is 0. The molecule has 7 nitrogen and oxygen atoms in total. The lowest BCUT2D eigenvalue weighted by molar-refractivity contribution is 0.0983. The van der Waals surface area contributed by atoms with E-state index in [0.29, 0.717) is 24.3 Å². The van der Waals surface area contributed by atoms with Gasteiger partial charge in [0.1, 0.15) is 0 Å². The standard InChI is InChI=1S/C23H24F2N6O/c1-30(15-21(24)25)12-11-20(16-7-3-2-4-8-16)31-14-17(13-26-31)27-23(32)22-18-9-5-6-10-19(18)28-29-22/h2-10,13-14,20-21H,11-12,15H2,1H3,(H,27,32)(H,28,29). The number of carbonyl (C=O) groups is 1. The topological polar surface area (TPSA) is 78.8 Å². The molecule has 0 aliphatic heterocycles. The van der Waals surface area contributed by atoms with Crippen LogP contribution in [0.5, 0.6) is 0 Å². The van der Waals surface area contributed by atoms with Crippen LogP contribution >= 0.6 is 0 Å². The first-order valence-electron chi connectivity index (χ1n) is 10.3. The zero-order chi connectivity index (χ0) is 22.5. The number of benzene rings is 2. The number of aromatic amines is 1. The zero-order valence-electron chi connectivity index (χ0n) is 17.6. The maximum absolute atomic E-state index is 12.7. The smallest absolute Gasteiger partial charge is 0.276 e. The molecule has 1 atom stereocenters. The van der Waals surface area contributed by atoms with E-state index in [2.05, 4.69) is 20.6 Å². The molecule has 0 saturated carbocycles. The number of H-pyrrole nitrogens is 1. The molecule has 0 aliphatic carbocycles. The van der Waals surface area contributed by atoms with Gasteiger partial charge in [-0.3, -0.25) is 14.6 Å². The number of nitrogens with one attached hydrogen (secondary N) is 2. The van der Waals surface area contributed by atoms with Crippen LogP contribution in [0.3, 0.4) is 0 Å². The van der Waals surface area contributed by atoms with Gasteiger partial charge in [0.15, 0.2) is 5.69 Å². The lowest BCUT2D eigenvalue weighted by Gasteiger charge is -2.22. The Balaban J connectivity index is 1.51. The highest BCUT2D eigenvalue weighted by Gasteiger charge is 2.19. The third-order valence-electron chi connectivity index (χ3n) is 5.28. The van der Waals surface area contributed by atoms with E-state index < -0.39 is 6.43 Å². The van der Waals surface area contributed by atoms with Gasteiger partial charge >= 0.3 is 0 Å². The quantitative estimate of drug-likeness (QED) is 0.411. The molecule has 4 aromatic rings. The third kappa shape index (κ3) is 5.00. The van der Waals surface area contributed by atoms with Gasteiger partial charge in [-0.15, -0.1) is 0 Å². The van der Waals surface area contributed by atoms with E-state index in [-0.39, 0.29) is 18.5 Å². The van der Waals surface area contributed by atoms with Crippen LogP contribution in [0.15, 0.2) is 67.0 Å². The van der Waals surface area contributed by atoms with Gasteiger partial charge in [0.25, 0.3) is 12.3 Å². The maximum Gasteiger partial charge on any atom is 0.276 e. The molecule has 1 unspecified atom stereocenters. The summed E-state index contributed by atoms with van der Waals surface area (Å²) in [5.41, 5.74) is 2.63. The SMILES string of the molecule is CN(CCC(c1ccccc1)n1cc(NC(=O)c2n[nH]c3ccccc23)cn1)CC(F)F. The third-order valence-corrected chi connectivity index (χ3v) is 5.28. The van der Waals surface area contributed by atoms with Crippen molar-refractivity contribution in [1.29, 1.82) is 0 Å². The highest BCUT2D eigenvalue weighted by atomic mass is 19.3. The molecular formula is C23H24F2N6O. The van der Waals surface area contributed by atoms with E-state index >= 15 is 0 Å². The number of hydrogen-bond donors (Lipinski definition) is 2. The Morgan fingerprint density at radius 1 is 1.16 bits per heavy atom. The summed E-state index contributed by atoms with van der Waals surface area (Å²) in [5, 5.41) is 15.0. The number of carbonyl (C=O) groups excluding carboxylic acids is 1. The van der Waals surface area contributed by atoms with Crippen molar-refractivity contribution >= 4 is 22.5 Å². The van der Waals surface area contributed by atoms with Gasteiger partial charge in [-0.1, -0.05) is 48.5 Å². The number of nitrogens with zero attached hydrogens (tertiary/aromatic N) is 4. The van der Waals surface area contributed by atoms with Crippen LogP contribution in [0, 0.1) is 0 Å². The maximum atomic E-state index is 12.7. The molecule has 0 spiro atoms. The Kier molecular flexibility index (Phi) is 6.55. The Morgan fingerprint density at radius 3 is 2.69 bits per heavy atom. The molecule has 166 valence electrons. The number of para-hydroxylation sites is 1. The summed E-state index contributed by atoms with van der Waals surface area (Å²) in [6.45, 7) is 0.199. The highest BCUT2D eigenvalue weighted by Crippen LogP contribution is 2.24. The van der Waals surface area contributed by atoms with Crippen molar-refractivity contribution in [2.24, 2.45) is 0 Å². The first kappa shape index (κ1) is 21.6. The van der Waals surface area contributed by atoms with E-state index in [1.807, 2.05) is 54.6 Å². The van der Waals surface area contributed by atoms with E-state index in [4.69, 9.17) is 0 Å². The number of anilines is 1. The van der Waals surface area contributed by atoms with Gasteiger partial charge in [0.2, 0.25) is 0 Å². The summed E-state index contributed by atoms with van der Waals surface area (Å²) in [4.78, 5) is 14.4. The Bertz CT molecular complexity index is 1170. The molecule has 2 heterocycles. The number of fused-ring (bicyclic) bond motifs is 1. The minimum Gasteiger partial charge on any atom is -0.318 e. The second kappa shape index (κ2) is 9.69. The molecule has 0 radical (unpaired) electrons. The van der Waals surface area contributed by atoms with Crippen molar-refractivity contribution in [3.8, 4) is 0 Å². The largest absolute Gasteiger partial charge is 0.318 e. The van der Waals surface area contributed by atoms with Crippen LogP contribution in [0.4, 0.5) is 14.5 Å². The molecule has 2 aromatic carbocycles. The summed E-state index contributed by atoms with van der Waals surface area (Å²) in [5.74, 6) is -0.338. The van der Waals surface area contributed by atoms with Crippen LogP contribution < -0.4 is 5.32 Å². The van der Waals surface area contributed by atoms with Crippen LogP contribution in [-0.4, -0.2) is 57.3 Å². The van der Waals surface area contributed by atoms with E-state index in [0.717, 1.165) is 16.5 Å². The Morgan fingerprint density at radius 2 is 1.91 bits per heavy atom. The number of rotatable bonds is 9. The van der Waals surface area contributed by atoms with Crippen molar-refractivity contribution < 1.29 is 13.6 Å². The lowest BCUT2D eigenvalue weighted by atomic mass is 10.0. The first-order chi connectivity index (χ1) is 15.5. The van der Waals surface area contributed by atoms with Crippen LogP contribution in [0.25, 0.3) is 10.9 Å². The van der Waals surface area contributed by atoms with Crippen LogP contribution in [0.1, 0.15) is 28.5 Å². The Labute approximate surface area is 184 Å². The molecule has 1 amide bonds. The van der Waals surface area contributed by atoms with E-state index in [9.17, 15) is 13.6 Å². The summed E-state index contributed by atoms with van der Waals surface area (Å²) in [6, 6.07) is 17.0. The highest BCUT2D eigenvalue weighted by molar-refractivity contribution is 6.10. The number of hydrogen-bond acceptors (Lipinski definition) is 4. The fourth-order valence-electron chi connectivity index (χ4n) is 3.70. The van der Waals surface area contributed by atoms with Crippen molar-refractivity contribution in [2.75, 3.05) is 25.5 Å². The average molecular weight is 438 g/mol. The fourth-order valence-corrected chi connectivity index (χ4v) is 3.70. The monoisotopic (exact) mass is 438 g/mol. The molecule has 4 rings (SSSR count). The average Bonchev–Trinajstić information content (AvgIpc) is 3.41. The lowest BCUT2D eigenvalue weighted by Crippen LogP contribution is -2.28. The summed E-state index contributed by atoms with van der Waals surface area (Å²) in [7, 11) is 1.68. The number of aromatic nitrogens is 4. The normalized spacial score (nSPS) is 12.5. The van der Waals surface area contributed by atoms with Crippen molar-refractivity contribution in [3.05, 3.63) is 78.2 Å². The second-order valence-corrected chi connectivity index (χ2v) is 7.65. The Hall–Kier alpha value is -3.59. The molecule has 32 heavy (non-hydrogen) atoms. The number of halogens is 2. The van der Waals surface area contributed by atoms with Crippen molar-refractivity contribution in [2.45, 2.75) is 18.9 Å².